The number of hydrogen-bond acceptors (Lipinski definition) is 1. The lowest BCUT2D eigenvalue weighted by molar-refractivity contribution is 1.46. The Balaban J connectivity index is 1.59. The smallest absolute Gasteiger partial charge is 0.0355 e. The van der Waals surface area contributed by atoms with Crippen LogP contribution in [0.5, 0.6) is 0 Å². The first kappa shape index (κ1) is 15.4. The number of benzene rings is 4. The minimum absolute atomic E-state index is 1.26. The predicted molar refractivity (Wildman–Crippen MR) is 115 cm³/mol. The van der Waals surface area contributed by atoms with E-state index in [1.54, 1.807) is 0 Å². The molecule has 0 saturated carbocycles. The van der Waals surface area contributed by atoms with Crippen molar-refractivity contribution < 1.29 is 0 Å². The SMILES string of the molecule is Cc1ccccc1-c1ccc(-c2ccc3sc4ccccc4c3c2)cc1. The van der Waals surface area contributed by atoms with Gasteiger partial charge in [-0.2, -0.15) is 0 Å². The Morgan fingerprint density at radius 2 is 1.19 bits per heavy atom. The highest BCUT2D eigenvalue weighted by molar-refractivity contribution is 7.25. The van der Waals surface area contributed by atoms with Crippen LogP contribution >= 0.6 is 11.3 Å². The summed E-state index contributed by atoms with van der Waals surface area (Å²) >= 11 is 1.87. The van der Waals surface area contributed by atoms with E-state index in [4.69, 9.17) is 0 Å². The first-order chi connectivity index (χ1) is 12.8. The molecule has 0 amide bonds. The molecule has 1 heteroatoms. The zero-order chi connectivity index (χ0) is 17.5. The number of fused-ring (bicyclic) bond motifs is 3. The van der Waals surface area contributed by atoms with Crippen molar-refractivity contribution >= 4 is 31.5 Å². The second-order valence-electron chi connectivity index (χ2n) is 6.70. The van der Waals surface area contributed by atoms with Crippen LogP contribution in [0.1, 0.15) is 5.56 Å². The lowest BCUT2D eigenvalue weighted by Crippen LogP contribution is -1.83. The fourth-order valence-electron chi connectivity index (χ4n) is 3.64. The maximum Gasteiger partial charge on any atom is 0.0355 e. The van der Waals surface area contributed by atoms with Gasteiger partial charge in [-0.05, 0) is 52.9 Å². The zero-order valence-electron chi connectivity index (χ0n) is 14.6. The summed E-state index contributed by atoms with van der Waals surface area (Å²) in [7, 11) is 0. The van der Waals surface area contributed by atoms with E-state index < -0.39 is 0 Å². The molecular weight excluding hydrogens is 332 g/mol. The van der Waals surface area contributed by atoms with Gasteiger partial charge in [0.15, 0.2) is 0 Å². The molecule has 0 aliphatic rings. The molecule has 26 heavy (non-hydrogen) atoms. The van der Waals surface area contributed by atoms with Crippen LogP contribution in [0.2, 0.25) is 0 Å². The molecule has 0 aliphatic carbocycles. The largest absolute Gasteiger partial charge is 0.135 e. The Morgan fingerprint density at radius 1 is 0.538 bits per heavy atom. The van der Waals surface area contributed by atoms with E-state index in [1.165, 1.54) is 48.0 Å². The number of aryl methyl sites for hydroxylation is 1. The minimum atomic E-state index is 1.26. The first-order valence-electron chi connectivity index (χ1n) is 8.87. The second-order valence-corrected chi connectivity index (χ2v) is 7.79. The standard InChI is InChI=1S/C25H18S/c1-17-6-2-3-7-21(17)19-12-10-18(11-13-19)20-14-15-25-23(16-20)22-8-4-5-9-24(22)26-25/h2-16H,1H3. The molecule has 0 saturated heterocycles. The highest BCUT2D eigenvalue weighted by atomic mass is 32.1. The van der Waals surface area contributed by atoms with Crippen molar-refractivity contribution in [3.8, 4) is 22.3 Å². The van der Waals surface area contributed by atoms with Gasteiger partial charge >= 0.3 is 0 Å². The van der Waals surface area contributed by atoms with E-state index >= 15 is 0 Å². The zero-order valence-corrected chi connectivity index (χ0v) is 15.4. The van der Waals surface area contributed by atoms with Gasteiger partial charge in [0.05, 0.1) is 0 Å². The van der Waals surface area contributed by atoms with Gasteiger partial charge in [0.1, 0.15) is 0 Å². The molecule has 0 nitrogen and oxygen atoms in total. The van der Waals surface area contributed by atoms with Crippen molar-refractivity contribution in [2.45, 2.75) is 6.92 Å². The van der Waals surface area contributed by atoms with Crippen molar-refractivity contribution in [2.75, 3.05) is 0 Å². The quantitative estimate of drug-likeness (QED) is 0.306. The van der Waals surface area contributed by atoms with Crippen LogP contribution in [0.3, 0.4) is 0 Å². The van der Waals surface area contributed by atoms with Crippen LogP contribution < -0.4 is 0 Å². The van der Waals surface area contributed by atoms with E-state index in [-0.39, 0.29) is 0 Å². The molecule has 0 radical (unpaired) electrons. The van der Waals surface area contributed by atoms with Gasteiger partial charge in [0.25, 0.3) is 0 Å². The Bertz CT molecular complexity index is 1230. The van der Waals surface area contributed by atoms with Crippen LogP contribution in [0.4, 0.5) is 0 Å². The van der Waals surface area contributed by atoms with Crippen molar-refractivity contribution in [3.05, 3.63) is 96.6 Å². The van der Waals surface area contributed by atoms with E-state index in [0.29, 0.717) is 0 Å². The number of hydrogen-bond donors (Lipinski definition) is 0. The van der Waals surface area contributed by atoms with Crippen LogP contribution in [0.15, 0.2) is 91.0 Å². The Labute approximate surface area is 157 Å². The van der Waals surface area contributed by atoms with Crippen LogP contribution in [-0.4, -0.2) is 0 Å². The van der Waals surface area contributed by atoms with E-state index in [2.05, 4.69) is 97.9 Å². The third kappa shape index (κ3) is 2.53. The molecule has 124 valence electrons. The minimum Gasteiger partial charge on any atom is -0.135 e. The van der Waals surface area contributed by atoms with E-state index in [1.807, 2.05) is 11.3 Å². The summed E-state index contributed by atoms with van der Waals surface area (Å²) < 4.78 is 2.71. The van der Waals surface area contributed by atoms with Crippen molar-refractivity contribution in [1.82, 2.24) is 0 Å². The Kier molecular flexibility index (Phi) is 3.62. The maximum atomic E-state index is 2.33. The average Bonchev–Trinajstić information content (AvgIpc) is 3.06. The molecular formula is C25H18S. The van der Waals surface area contributed by atoms with Gasteiger partial charge in [-0.25, -0.2) is 0 Å². The number of rotatable bonds is 2. The summed E-state index contributed by atoms with van der Waals surface area (Å²) in [6.45, 7) is 2.17. The normalized spacial score (nSPS) is 11.3. The van der Waals surface area contributed by atoms with Gasteiger partial charge in [-0.15, -0.1) is 11.3 Å². The molecule has 0 N–H and O–H groups in total. The first-order valence-corrected chi connectivity index (χ1v) is 9.69. The highest BCUT2D eigenvalue weighted by Crippen LogP contribution is 2.36. The fourth-order valence-corrected chi connectivity index (χ4v) is 4.73. The van der Waals surface area contributed by atoms with Crippen molar-refractivity contribution in [3.63, 3.8) is 0 Å². The molecule has 0 bridgehead atoms. The maximum absolute atomic E-state index is 2.33. The summed E-state index contributed by atoms with van der Waals surface area (Å²) in [5, 5.41) is 2.71. The fraction of sp³-hybridized carbons (Fsp3) is 0.0400. The molecule has 0 atom stereocenters. The second kappa shape index (κ2) is 6.12. The molecule has 4 aromatic carbocycles. The van der Waals surface area contributed by atoms with Gasteiger partial charge in [-0.1, -0.05) is 72.8 Å². The van der Waals surface area contributed by atoms with Gasteiger partial charge in [0, 0.05) is 20.2 Å². The van der Waals surface area contributed by atoms with Crippen LogP contribution in [-0.2, 0) is 0 Å². The molecule has 1 heterocycles. The molecule has 0 spiro atoms. The molecule has 1 aromatic heterocycles. The third-order valence-corrected chi connectivity index (χ3v) is 6.20. The van der Waals surface area contributed by atoms with Crippen molar-refractivity contribution in [2.24, 2.45) is 0 Å². The Hall–Kier alpha value is -2.90. The van der Waals surface area contributed by atoms with Crippen LogP contribution in [0, 0.1) is 6.92 Å². The highest BCUT2D eigenvalue weighted by Gasteiger charge is 2.07. The molecule has 5 rings (SSSR count). The summed E-state index contributed by atoms with van der Waals surface area (Å²) in [4.78, 5) is 0. The molecule has 5 aromatic rings. The third-order valence-electron chi connectivity index (χ3n) is 5.05. The van der Waals surface area contributed by atoms with E-state index in [9.17, 15) is 0 Å². The lowest BCUT2D eigenvalue weighted by Gasteiger charge is -2.08. The average molecular weight is 350 g/mol. The van der Waals surface area contributed by atoms with Gasteiger partial charge < -0.3 is 0 Å². The Morgan fingerprint density at radius 3 is 2.04 bits per heavy atom. The van der Waals surface area contributed by atoms with Crippen molar-refractivity contribution in [1.29, 1.82) is 0 Å². The van der Waals surface area contributed by atoms with Crippen LogP contribution in [0.25, 0.3) is 42.4 Å². The predicted octanol–water partition coefficient (Wildman–Crippen LogP) is 7.70. The van der Waals surface area contributed by atoms with Gasteiger partial charge in [0.2, 0.25) is 0 Å². The molecule has 0 unspecified atom stereocenters. The van der Waals surface area contributed by atoms with E-state index in [0.717, 1.165) is 0 Å². The summed E-state index contributed by atoms with van der Waals surface area (Å²) in [6.07, 6.45) is 0. The summed E-state index contributed by atoms with van der Waals surface area (Å²) in [6, 6.07) is 33.0. The molecule has 0 fully saturated rings. The monoisotopic (exact) mass is 350 g/mol. The number of thiophene rings is 1. The summed E-state index contributed by atoms with van der Waals surface area (Å²) in [5.41, 5.74) is 6.43. The van der Waals surface area contributed by atoms with Gasteiger partial charge in [-0.3, -0.25) is 0 Å². The molecule has 0 aliphatic heterocycles. The lowest BCUT2D eigenvalue weighted by atomic mass is 9.97. The summed E-state index contributed by atoms with van der Waals surface area (Å²) in [5.74, 6) is 0. The topological polar surface area (TPSA) is 0 Å².